The fourth-order valence-electron chi connectivity index (χ4n) is 4.05. The highest BCUT2D eigenvalue weighted by molar-refractivity contribution is 9.10. The summed E-state index contributed by atoms with van der Waals surface area (Å²) in [6.07, 6.45) is 5.49. The molecule has 1 saturated heterocycles. The van der Waals surface area contributed by atoms with Crippen LogP contribution in [0.5, 0.6) is 0 Å². The molecule has 1 aromatic rings. The summed E-state index contributed by atoms with van der Waals surface area (Å²) in [6, 6.07) is 8.62. The van der Waals surface area contributed by atoms with Crippen molar-refractivity contribution >= 4 is 34.2 Å². The van der Waals surface area contributed by atoms with Crippen molar-refractivity contribution in [3.63, 3.8) is 0 Å². The number of rotatable bonds is 6. The minimum absolute atomic E-state index is 0. The van der Waals surface area contributed by atoms with Gasteiger partial charge >= 0.3 is 0 Å². The molecule has 1 saturated carbocycles. The lowest BCUT2D eigenvalue weighted by Gasteiger charge is -2.30. The highest BCUT2D eigenvalue weighted by Gasteiger charge is 2.45. The summed E-state index contributed by atoms with van der Waals surface area (Å²) in [7, 11) is 1.98. The first-order valence-corrected chi connectivity index (χ1v) is 10.0. The molecule has 2 aliphatic rings. The Bertz CT molecular complexity index is 568. The Morgan fingerprint density at radius 1 is 1.28 bits per heavy atom. The van der Waals surface area contributed by atoms with Gasteiger partial charge in [-0.1, -0.05) is 35.0 Å². The van der Waals surface area contributed by atoms with Crippen LogP contribution in [0.2, 0.25) is 0 Å². The predicted octanol–water partition coefficient (Wildman–Crippen LogP) is 4.39. The van der Waals surface area contributed by atoms with Gasteiger partial charge in [-0.2, -0.15) is 0 Å². The highest BCUT2D eigenvalue weighted by atomic mass is 79.9. The van der Waals surface area contributed by atoms with Crippen molar-refractivity contribution < 1.29 is 4.79 Å². The minimum atomic E-state index is 0. The van der Waals surface area contributed by atoms with E-state index in [1.807, 2.05) is 11.9 Å². The largest absolute Gasteiger partial charge is 0.345 e. The van der Waals surface area contributed by atoms with Crippen molar-refractivity contribution in [3.8, 4) is 0 Å². The number of hydrogen-bond donors (Lipinski definition) is 1. The van der Waals surface area contributed by atoms with Gasteiger partial charge in [0, 0.05) is 29.9 Å². The lowest BCUT2D eigenvalue weighted by atomic mass is 9.84. The number of carbonyl (C=O) groups excluding carboxylic acids is 1. The molecule has 1 heterocycles. The molecule has 3 nitrogen and oxygen atoms in total. The van der Waals surface area contributed by atoms with E-state index < -0.39 is 0 Å². The van der Waals surface area contributed by atoms with Crippen molar-refractivity contribution in [1.29, 1.82) is 0 Å². The molecule has 0 radical (unpaired) electrons. The summed E-state index contributed by atoms with van der Waals surface area (Å²) in [5, 5.41) is 3.41. The van der Waals surface area contributed by atoms with Crippen LogP contribution in [-0.4, -0.2) is 37.5 Å². The van der Waals surface area contributed by atoms with Gasteiger partial charge < -0.3 is 10.2 Å². The van der Waals surface area contributed by atoms with Crippen molar-refractivity contribution in [1.82, 2.24) is 10.2 Å². The van der Waals surface area contributed by atoms with E-state index in [0.29, 0.717) is 24.2 Å². The highest BCUT2D eigenvalue weighted by Crippen LogP contribution is 2.48. The Kier molecular flexibility index (Phi) is 7.36. The predicted molar refractivity (Wildman–Crippen MR) is 109 cm³/mol. The van der Waals surface area contributed by atoms with E-state index in [9.17, 15) is 4.79 Å². The van der Waals surface area contributed by atoms with Crippen LogP contribution in [-0.2, 0) is 10.2 Å². The average Bonchev–Trinajstić information content (AvgIpc) is 3.36. The standard InChI is InChI=1S/C20H29BrN2O.ClH/c1-15(16-7-11-22-12-8-16)13-19(24)23(2)14-20(9-10-20)17-3-5-18(21)6-4-17;/h3-6,15-16,22H,7-14H2,1-2H3;1H. The summed E-state index contributed by atoms with van der Waals surface area (Å²) >= 11 is 3.50. The Hall–Kier alpha value is -0.580. The van der Waals surface area contributed by atoms with Crippen LogP contribution in [0.3, 0.4) is 0 Å². The Morgan fingerprint density at radius 2 is 1.88 bits per heavy atom. The number of amides is 1. The van der Waals surface area contributed by atoms with Crippen LogP contribution in [0, 0.1) is 11.8 Å². The summed E-state index contributed by atoms with van der Waals surface area (Å²) in [5.41, 5.74) is 1.57. The number of nitrogens with one attached hydrogen (secondary N) is 1. The van der Waals surface area contributed by atoms with Gasteiger partial charge in [-0.05, 0) is 68.3 Å². The van der Waals surface area contributed by atoms with Gasteiger partial charge in [0.05, 0.1) is 0 Å². The number of halogens is 2. The maximum Gasteiger partial charge on any atom is 0.222 e. The van der Waals surface area contributed by atoms with Crippen LogP contribution in [0.15, 0.2) is 28.7 Å². The van der Waals surface area contributed by atoms with E-state index in [4.69, 9.17) is 0 Å². The maximum absolute atomic E-state index is 12.7. The molecular formula is C20H30BrClN2O. The van der Waals surface area contributed by atoms with Crippen molar-refractivity contribution in [2.24, 2.45) is 11.8 Å². The quantitative estimate of drug-likeness (QED) is 0.727. The monoisotopic (exact) mass is 428 g/mol. The molecule has 1 aromatic carbocycles. The second-order valence-electron chi connectivity index (χ2n) is 7.81. The molecule has 1 amide bonds. The van der Waals surface area contributed by atoms with Crippen molar-refractivity contribution in [2.75, 3.05) is 26.7 Å². The molecule has 0 aromatic heterocycles. The number of likely N-dealkylation sites (N-methyl/N-ethyl adjacent to an activating group) is 1. The lowest BCUT2D eigenvalue weighted by molar-refractivity contribution is -0.131. The second kappa shape index (κ2) is 8.88. The van der Waals surface area contributed by atoms with E-state index in [2.05, 4.69) is 52.4 Å². The third-order valence-corrected chi connectivity index (χ3v) is 6.49. The Morgan fingerprint density at radius 3 is 2.44 bits per heavy atom. The normalized spacial score (nSPS) is 20.4. The zero-order chi connectivity index (χ0) is 17.2. The van der Waals surface area contributed by atoms with Gasteiger partial charge in [0.1, 0.15) is 0 Å². The Balaban J connectivity index is 0.00000225. The summed E-state index contributed by atoms with van der Waals surface area (Å²) in [4.78, 5) is 14.7. The molecule has 3 rings (SSSR count). The van der Waals surface area contributed by atoms with Gasteiger partial charge in [0.2, 0.25) is 5.91 Å². The maximum atomic E-state index is 12.7. The van der Waals surface area contributed by atoms with Gasteiger partial charge in [-0.25, -0.2) is 0 Å². The fraction of sp³-hybridized carbons (Fsp3) is 0.650. The van der Waals surface area contributed by atoms with Crippen LogP contribution >= 0.6 is 28.3 Å². The first-order valence-electron chi connectivity index (χ1n) is 9.21. The molecule has 1 N–H and O–H groups in total. The van der Waals surface area contributed by atoms with E-state index in [-0.39, 0.29) is 17.8 Å². The third kappa shape index (κ3) is 5.21. The molecule has 140 valence electrons. The number of benzene rings is 1. The first kappa shape index (κ1) is 20.7. The fourth-order valence-corrected chi connectivity index (χ4v) is 4.31. The number of piperidine rings is 1. The third-order valence-electron chi connectivity index (χ3n) is 5.96. The molecule has 0 bridgehead atoms. The van der Waals surface area contributed by atoms with Gasteiger partial charge in [0.25, 0.3) is 0 Å². The summed E-state index contributed by atoms with van der Waals surface area (Å²) < 4.78 is 1.11. The molecule has 0 spiro atoms. The molecular weight excluding hydrogens is 400 g/mol. The first-order chi connectivity index (χ1) is 11.5. The molecule has 1 aliphatic heterocycles. The molecule has 5 heteroatoms. The zero-order valence-electron chi connectivity index (χ0n) is 15.3. The molecule has 1 unspecified atom stereocenters. The molecule has 1 atom stereocenters. The van der Waals surface area contributed by atoms with Crippen molar-refractivity contribution in [3.05, 3.63) is 34.3 Å². The summed E-state index contributed by atoms with van der Waals surface area (Å²) in [5.74, 6) is 1.50. The van der Waals surface area contributed by atoms with Gasteiger partial charge in [-0.15, -0.1) is 12.4 Å². The van der Waals surface area contributed by atoms with Gasteiger partial charge in [-0.3, -0.25) is 4.79 Å². The van der Waals surface area contributed by atoms with E-state index in [1.54, 1.807) is 0 Å². The number of hydrogen-bond acceptors (Lipinski definition) is 2. The minimum Gasteiger partial charge on any atom is -0.345 e. The summed E-state index contributed by atoms with van der Waals surface area (Å²) in [6.45, 7) is 5.31. The van der Waals surface area contributed by atoms with Crippen LogP contribution in [0.25, 0.3) is 0 Å². The van der Waals surface area contributed by atoms with E-state index in [0.717, 1.165) is 24.1 Å². The SMILES string of the molecule is CC(CC(=O)N(C)CC1(c2ccc(Br)cc2)CC1)C1CCNCC1.Cl. The van der Waals surface area contributed by atoms with Crippen LogP contribution in [0.1, 0.15) is 44.6 Å². The zero-order valence-corrected chi connectivity index (χ0v) is 17.7. The number of carbonyl (C=O) groups is 1. The smallest absolute Gasteiger partial charge is 0.222 e. The van der Waals surface area contributed by atoms with E-state index in [1.165, 1.54) is 31.2 Å². The number of nitrogens with zero attached hydrogens (tertiary/aromatic N) is 1. The Labute approximate surface area is 166 Å². The van der Waals surface area contributed by atoms with Crippen LogP contribution in [0.4, 0.5) is 0 Å². The van der Waals surface area contributed by atoms with Crippen LogP contribution < -0.4 is 5.32 Å². The second-order valence-corrected chi connectivity index (χ2v) is 8.72. The lowest BCUT2D eigenvalue weighted by Crippen LogP contribution is -2.37. The van der Waals surface area contributed by atoms with Gasteiger partial charge in [0.15, 0.2) is 0 Å². The molecule has 2 fully saturated rings. The molecule has 1 aliphatic carbocycles. The van der Waals surface area contributed by atoms with Crippen molar-refractivity contribution in [2.45, 2.75) is 44.4 Å². The molecule has 25 heavy (non-hydrogen) atoms. The topological polar surface area (TPSA) is 32.3 Å². The average molecular weight is 430 g/mol. The van der Waals surface area contributed by atoms with E-state index >= 15 is 0 Å².